The van der Waals surface area contributed by atoms with Gasteiger partial charge in [-0.3, -0.25) is 4.79 Å². The van der Waals surface area contributed by atoms with Crippen molar-refractivity contribution in [2.24, 2.45) is 0 Å². The highest BCUT2D eigenvalue weighted by atomic mass is 16.5. The normalized spacial score (nSPS) is 15.4. The molecule has 1 aromatic rings. The number of benzene rings is 1. The molecule has 1 saturated heterocycles. The quantitative estimate of drug-likeness (QED) is 0.814. The molecule has 1 aromatic carbocycles. The Labute approximate surface area is 142 Å². The van der Waals surface area contributed by atoms with Crippen LogP contribution in [0.5, 0.6) is 5.75 Å². The van der Waals surface area contributed by atoms with Gasteiger partial charge in [0.25, 0.3) is 0 Å². The van der Waals surface area contributed by atoms with E-state index in [0.29, 0.717) is 25.9 Å². The Morgan fingerprint density at radius 3 is 2.58 bits per heavy atom. The molecule has 24 heavy (non-hydrogen) atoms. The lowest BCUT2D eigenvalue weighted by molar-refractivity contribution is -0.140. The van der Waals surface area contributed by atoms with Gasteiger partial charge in [-0.05, 0) is 23.5 Å². The number of nitrogens with zero attached hydrogens (tertiary/aromatic N) is 1. The molecule has 1 amide bonds. The van der Waals surface area contributed by atoms with Gasteiger partial charge in [0.1, 0.15) is 11.9 Å². The molecule has 0 bridgehead atoms. The fraction of sp³-hybridized carbons (Fsp3) is 0.474. The van der Waals surface area contributed by atoms with E-state index in [2.05, 4.69) is 26.8 Å². The Hall–Kier alpha value is -2.30. The third-order valence-corrected chi connectivity index (χ3v) is 3.97. The van der Waals surface area contributed by atoms with Crippen LogP contribution in [0.1, 0.15) is 39.2 Å². The van der Waals surface area contributed by atoms with Crippen LogP contribution in [0.25, 0.3) is 0 Å². The molecule has 0 saturated carbocycles. The fourth-order valence-electron chi connectivity index (χ4n) is 2.63. The number of hydrogen-bond donors (Lipinski definition) is 1. The number of rotatable bonds is 6. The molecule has 1 N–H and O–H groups in total. The van der Waals surface area contributed by atoms with Crippen LogP contribution in [0.15, 0.2) is 36.4 Å². The summed E-state index contributed by atoms with van der Waals surface area (Å²) in [6.45, 7) is 7.61. The van der Waals surface area contributed by atoms with Gasteiger partial charge >= 0.3 is 5.97 Å². The first-order chi connectivity index (χ1) is 11.3. The molecule has 0 radical (unpaired) electrons. The van der Waals surface area contributed by atoms with E-state index in [-0.39, 0.29) is 17.4 Å². The van der Waals surface area contributed by atoms with Crippen LogP contribution in [0.2, 0.25) is 0 Å². The predicted octanol–water partition coefficient (Wildman–Crippen LogP) is 2.99. The van der Waals surface area contributed by atoms with E-state index in [0.717, 1.165) is 17.4 Å². The van der Waals surface area contributed by atoms with Crippen LogP contribution in [-0.2, 0) is 15.0 Å². The van der Waals surface area contributed by atoms with E-state index in [1.54, 1.807) is 4.90 Å². The Balaban J connectivity index is 1.81. The van der Waals surface area contributed by atoms with Crippen LogP contribution < -0.4 is 4.74 Å². The topological polar surface area (TPSA) is 66.8 Å². The first kappa shape index (κ1) is 18.0. The number of carboxylic acid groups (broad SMARTS) is 1. The molecule has 1 fully saturated rings. The molecule has 0 atom stereocenters. The van der Waals surface area contributed by atoms with E-state index in [1.807, 2.05) is 18.2 Å². The lowest BCUT2D eigenvalue weighted by Gasteiger charge is -2.40. The van der Waals surface area contributed by atoms with Crippen LogP contribution in [0, 0.1) is 0 Å². The van der Waals surface area contributed by atoms with Crippen molar-refractivity contribution in [2.75, 3.05) is 13.1 Å². The van der Waals surface area contributed by atoms with E-state index >= 15 is 0 Å². The van der Waals surface area contributed by atoms with Gasteiger partial charge in [-0.15, -0.1) is 0 Å². The molecule has 130 valence electrons. The van der Waals surface area contributed by atoms with E-state index in [4.69, 9.17) is 9.84 Å². The van der Waals surface area contributed by atoms with Crippen LogP contribution in [0.3, 0.4) is 0 Å². The number of amides is 1. The Morgan fingerprint density at radius 2 is 1.96 bits per heavy atom. The zero-order valence-corrected chi connectivity index (χ0v) is 14.5. The van der Waals surface area contributed by atoms with Crippen molar-refractivity contribution in [1.82, 2.24) is 4.90 Å². The lowest BCUT2D eigenvalue weighted by Crippen LogP contribution is -2.56. The summed E-state index contributed by atoms with van der Waals surface area (Å²) in [5.41, 5.74) is 1.17. The summed E-state index contributed by atoms with van der Waals surface area (Å²) in [6.07, 6.45) is 3.37. The first-order valence-electron chi connectivity index (χ1n) is 8.21. The minimum atomic E-state index is -0.989. The van der Waals surface area contributed by atoms with Gasteiger partial charge in [-0.25, -0.2) is 4.79 Å². The summed E-state index contributed by atoms with van der Waals surface area (Å²) in [6, 6.07) is 8.02. The van der Waals surface area contributed by atoms with E-state index < -0.39 is 5.97 Å². The highest BCUT2D eigenvalue weighted by Crippen LogP contribution is 2.32. The predicted molar refractivity (Wildman–Crippen MR) is 92.1 cm³/mol. The molecule has 0 unspecified atom stereocenters. The summed E-state index contributed by atoms with van der Waals surface area (Å²) in [5.74, 6) is -0.0714. The second kappa shape index (κ2) is 7.51. The minimum absolute atomic E-state index is 0.00627. The van der Waals surface area contributed by atoms with Gasteiger partial charge in [0, 0.05) is 12.5 Å². The zero-order valence-electron chi connectivity index (χ0n) is 14.5. The van der Waals surface area contributed by atoms with Crippen molar-refractivity contribution in [3.8, 4) is 5.75 Å². The second-order valence-electron chi connectivity index (χ2n) is 7.06. The van der Waals surface area contributed by atoms with Crippen molar-refractivity contribution < 1.29 is 19.4 Å². The van der Waals surface area contributed by atoms with Gasteiger partial charge in [-0.1, -0.05) is 45.0 Å². The molecule has 0 aliphatic carbocycles. The first-order valence-corrected chi connectivity index (χ1v) is 8.21. The maximum Gasteiger partial charge on any atom is 0.327 e. The molecule has 0 spiro atoms. The van der Waals surface area contributed by atoms with Crippen molar-refractivity contribution >= 4 is 11.9 Å². The van der Waals surface area contributed by atoms with Crippen LogP contribution in [-0.4, -0.2) is 41.1 Å². The Morgan fingerprint density at radius 1 is 1.29 bits per heavy atom. The van der Waals surface area contributed by atoms with Gasteiger partial charge in [0.05, 0.1) is 13.1 Å². The molecule has 5 heteroatoms. The Bertz CT molecular complexity index is 624. The number of hydrogen-bond acceptors (Lipinski definition) is 3. The highest BCUT2D eigenvalue weighted by Gasteiger charge is 2.32. The average Bonchev–Trinajstić information content (AvgIpc) is 2.46. The molecule has 5 nitrogen and oxygen atoms in total. The summed E-state index contributed by atoms with van der Waals surface area (Å²) < 4.78 is 6.06. The molecule has 0 aromatic heterocycles. The van der Waals surface area contributed by atoms with Crippen molar-refractivity contribution in [3.05, 3.63) is 42.0 Å². The number of likely N-dealkylation sites (tertiary alicyclic amines) is 1. The van der Waals surface area contributed by atoms with Crippen molar-refractivity contribution in [2.45, 2.75) is 45.1 Å². The third-order valence-electron chi connectivity index (χ3n) is 3.97. The molecular weight excluding hydrogens is 306 g/mol. The monoisotopic (exact) mass is 331 g/mol. The van der Waals surface area contributed by atoms with Gasteiger partial charge in [-0.2, -0.15) is 0 Å². The van der Waals surface area contributed by atoms with Gasteiger partial charge in [0.15, 0.2) is 0 Å². The van der Waals surface area contributed by atoms with Crippen LogP contribution >= 0.6 is 0 Å². The molecule has 1 aliphatic rings. The molecule has 1 heterocycles. The number of carboxylic acids is 1. The number of carbonyl (C=O) groups excluding carboxylic acids is 1. The maximum absolute atomic E-state index is 12.0. The third kappa shape index (κ3) is 4.85. The van der Waals surface area contributed by atoms with Crippen molar-refractivity contribution in [1.29, 1.82) is 0 Å². The highest BCUT2D eigenvalue weighted by molar-refractivity contribution is 5.80. The SMILES string of the molecule is CC(C)(C)c1ccccc1OC1CN(C(=O)CCC=CC(=O)O)C1. The average molecular weight is 331 g/mol. The summed E-state index contributed by atoms with van der Waals surface area (Å²) in [4.78, 5) is 24.1. The number of carbonyl (C=O) groups is 2. The lowest BCUT2D eigenvalue weighted by atomic mass is 9.86. The van der Waals surface area contributed by atoms with Gasteiger partial charge in [0.2, 0.25) is 5.91 Å². The largest absolute Gasteiger partial charge is 0.486 e. The fourth-order valence-corrected chi connectivity index (χ4v) is 2.63. The maximum atomic E-state index is 12.0. The zero-order chi connectivity index (χ0) is 17.7. The number of para-hydroxylation sites is 1. The van der Waals surface area contributed by atoms with E-state index in [9.17, 15) is 9.59 Å². The number of ether oxygens (including phenoxy) is 1. The summed E-state index contributed by atoms with van der Waals surface area (Å²) in [5, 5.41) is 8.50. The summed E-state index contributed by atoms with van der Waals surface area (Å²) in [7, 11) is 0. The number of aliphatic carboxylic acids is 1. The standard InChI is InChI=1S/C19H25NO4/c1-19(2,3)15-8-4-5-9-16(15)24-14-12-20(13-14)17(21)10-6-7-11-18(22)23/h4-5,7-9,11,14H,6,10,12-13H2,1-3H3,(H,22,23). The molecular formula is C19H25NO4. The van der Waals surface area contributed by atoms with E-state index in [1.165, 1.54) is 6.08 Å². The number of allylic oxidation sites excluding steroid dienone is 1. The van der Waals surface area contributed by atoms with Crippen LogP contribution in [0.4, 0.5) is 0 Å². The van der Waals surface area contributed by atoms with Gasteiger partial charge < -0.3 is 14.7 Å². The second-order valence-corrected chi connectivity index (χ2v) is 7.06. The Kier molecular flexibility index (Phi) is 5.65. The minimum Gasteiger partial charge on any atom is -0.486 e. The van der Waals surface area contributed by atoms with Crippen molar-refractivity contribution in [3.63, 3.8) is 0 Å². The molecule has 1 aliphatic heterocycles. The molecule has 2 rings (SSSR count). The smallest absolute Gasteiger partial charge is 0.327 e. The summed E-state index contributed by atoms with van der Waals surface area (Å²) >= 11 is 0.